The number of carbonyl (C=O) groups excluding carboxylic acids is 1. The number of carbonyl (C=O) groups is 1. The molecule has 4 rings (SSSR count). The fourth-order valence-electron chi connectivity index (χ4n) is 3.00. The molecule has 0 saturated heterocycles. The quantitative estimate of drug-likeness (QED) is 0.744. The molecule has 25 heavy (non-hydrogen) atoms. The second kappa shape index (κ2) is 5.97. The molecule has 3 heterocycles. The van der Waals surface area contributed by atoms with Crippen LogP contribution in [0.3, 0.4) is 0 Å². The number of nitrogens with two attached hydrogens (primary N) is 1. The van der Waals surface area contributed by atoms with E-state index in [0.29, 0.717) is 29.9 Å². The lowest BCUT2D eigenvalue weighted by atomic mass is 9.90. The standard InChI is InChI=1S/C17H15FN6O/c18-11-1-2-14-13(9-11)12(5-8-21-14)16(25)24-17(19)22-15(23-24)10-3-6-20-7-4-10/h1-4,6-7,9,12,21H,5,8H2,(H2,19,22,23). The Hall–Kier alpha value is -3.29. The van der Waals surface area contributed by atoms with Crippen molar-refractivity contribution in [3.8, 4) is 11.4 Å². The zero-order valence-electron chi connectivity index (χ0n) is 13.2. The van der Waals surface area contributed by atoms with Crippen molar-refractivity contribution in [2.45, 2.75) is 12.3 Å². The Morgan fingerprint density at radius 2 is 2.08 bits per heavy atom. The number of fused-ring (bicyclic) bond motifs is 1. The molecule has 0 radical (unpaired) electrons. The van der Waals surface area contributed by atoms with Crippen LogP contribution in [0.25, 0.3) is 11.4 Å². The highest BCUT2D eigenvalue weighted by atomic mass is 19.1. The van der Waals surface area contributed by atoms with Crippen LogP contribution in [0.2, 0.25) is 0 Å². The maximum atomic E-state index is 13.6. The molecule has 1 aliphatic heterocycles. The molecule has 0 aliphatic carbocycles. The van der Waals surface area contributed by atoms with Gasteiger partial charge in [-0.05, 0) is 42.3 Å². The Morgan fingerprint density at radius 3 is 2.88 bits per heavy atom. The van der Waals surface area contributed by atoms with Crippen LogP contribution in [0.5, 0.6) is 0 Å². The minimum Gasteiger partial charge on any atom is -0.385 e. The van der Waals surface area contributed by atoms with Crippen molar-refractivity contribution in [2.24, 2.45) is 0 Å². The van der Waals surface area contributed by atoms with Crippen LogP contribution in [-0.2, 0) is 0 Å². The van der Waals surface area contributed by atoms with Gasteiger partial charge in [-0.25, -0.2) is 4.39 Å². The number of hydrogen-bond donors (Lipinski definition) is 2. The summed E-state index contributed by atoms with van der Waals surface area (Å²) in [5.41, 5.74) is 7.97. The Bertz CT molecular complexity index is 940. The molecule has 0 spiro atoms. The summed E-state index contributed by atoms with van der Waals surface area (Å²) in [7, 11) is 0. The number of rotatable bonds is 2. The normalized spacial score (nSPS) is 16.1. The molecule has 0 amide bonds. The van der Waals surface area contributed by atoms with Gasteiger partial charge in [0.2, 0.25) is 5.95 Å². The number of hydrogen-bond acceptors (Lipinski definition) is 6. The summed E-state index contributed by atoms with van der Waals surface area (Å²) < 4.78 is 14.7. The highest BCUT2D eigenvalue weighted by Gasteiger charge is 2.30. The van der Waals surface area contributed by atoms with Gasteiger partial charge in [0.25, 0.3) is 5.91 Å². The smallest absolute Gasteiger partial charge is 0.257 e. The molecule has 126 valence electrons. The topological polar surface area (TPSA) is 98.7 Å². The highest BCUT2D eigenvalue weighted by Crippen LogP contribution is 2.33. The second-order valence-electron chi connectivity index (χ2n) is 5.78. The maximum absolute atomic E-state index is 13.6. The van der Waals surface area contributed by atoms with E-state index in [1.807, 2.05) is 0 Å². The summed E-state index contributed by atoms with van der Waals surface area (Å²) in [5.74, 6) is -0.876. The third kappa shape index (κ3) is 2.71. The second-order valence-corrected chi connectivity index (χ2v) is 5.78. The van der Waals surface area contributed by atoms with Crippen LogP contribution in [0, 0.1) is 5.82 Å². The molecule has 1 unspecified atom stereocenters. The van der Waals surface area contributed by atoms with Gasteiger partial charge < -0.3 is 11.1 Å². The Kier molecular flexibility index (Phi) is 3.64. The van der Waals surface area contributed by atoms with Gasteiger partial charge in [0.1, 0.15) is 5.82 Å². The average molecular weight is 338 g/mol. The molecule has 3 aromatic rings. The number of nitrogens with one attached hydrogen (secondary N) is 1. The first kappa shape index (κ1) is 15.3. The van der Waals surface area contributed by atoms with Crippen LogP contribution < -0.4 is 11.1 Å². The van der Waals surface area contributed by atoms with Crippen molar-refractivity contribution in [1.82, 2.24) is 19.7 Å². The zero-order valence-corrected chi connectivity index (χ0v) is 13.2. The van der Waals surface area contributed by atoms with Gasteiger partial charge in [-0.15, -0.1) is 5.10 Å². The Labute approximate surface area is 142 Å². The van der Waals surface area contributed by atoms with Gasteiger partial charge in [-0.1, -0.05) is 0 Å². The average Bonchev–Trinajstić information content (AvgIpc) is 3.03. The number of halogens is 1. The van der Waals surface area contributed by atoms with Crippen LogP contribution >= 0.6 is 0 Å². The van der Waals surface area contributed by atoms with Crippen LogP contribution in [0.15, 0.2) is 42.7 Å². The largest absolute Gasteiger partial charge is 0.385 e. The van der Waals surface area contributed by atoms with Crippen molar-refractivity contribution >= 4 is 17.5 Å². The van der Waals surface area contributed by atoms with Crippen molar-refractivity contribution < 1.29 is 9.18 Å². The zero-order chi connectivity index (χ0) is 17.4. The molecule has 3 N–H and O–H groups in total. The summed E-state index contributed by atoms with van der Waals surface area (Å²) >= 11 is 0. The van der Waals surface area contributed by atoms with Gasteiger partial charge in [-0.3, -0.25) is 9.78 Å². The number of pyridine rings is 1. The monoisotopic (exact) mass is 338 g/mol. The first-order chi connectivity index (χ1) is 12.1. The molecule has 1 aliphatic rings. The number of anilines is 2. The van der Waals surface area contributed by atoms with Crippen molar-refractivity contribution in [2.75, 3.05) is 17.6 Å². The van der Waals surface area contributed by atoms with E-state index in [1.165, 1.54) is 12.1 Å². The molecule has 2 aromatic heterocycles. The molecule has 8 heteroatoms. The number of nitrogens with zero attached hydrogens (tertiary/aromatic N) is 4. The van der Waals surface area contributed by atoms with Gasteiger partial charge in [0.05, 0.1) is 5.92 Å². The molecule has 0 fully saturated rings. The molecular formula is C17H15FN6O. The Morgan fingerprint density at radius 1 is 1.28 bits per heavy atom. The van der Waals surface area contributed by atoms with E-state index < -0.39 is 5.92 Å². The molecule has 1 aromatic carbocycles. The summed E-state index contributed by atoms with van der Waals surface area (Å²) in [6.07, 6.45) is 3.75. The first-order valence-corrected chi connectivity index (χ1v) is 7.84. The van der Waals surface area contributed by atoms with Crippen molar-refractivity contribution in [1.29, 1.82) is 0 Å². The summed E-state index contributed by atoms with van der Waals surface area (Å²) in [4.78, 5) is 21.1. The van der Waals surface area contributed by atoms with E-state index in [9.17, 15) is 9.18 Å². The molecule has 7 nitrogen and oxygen atoms in total. The number of benzene rings is 1. The predicted molar refractivity (Wildman–Crippen MR) is 90.5 cm³/mol. The van der Waals surface area contributed by atoms with Gasteiger partial charge in [-0.2, -0.15) is 9.67 Å². The van der Waals surface area contributed by atoms with Gasteiger partial charge >= 0.3 is 0 Å². The molecule has 0 bridgehead atoms. The van der Waals surface area contributed by atoms with Crippen molar-refractivity contribution in [3.05, 3.63) is 54.1 Å². The minimum atomic E-state index is -0.527. The minimum absolute atomic E-state index is 0.00768. The SMILES string of the molecule is Nc1nc(-c2ccncc2)nn1C(=O)C1CCNc2ccc(F)cc21. The summed E-state index contributed by atoms with van der Waals surface area (Å²) in [6, 6.07) is 7.85. The van der Waals surface area contributed by atoms with E-state index in [2.05, 4.69) is 20.4 Å². The van der Waals surface area contributed by atoms with Gasteiger partial charge in [0.15, 0.2) is 5.82 Å². The van der Waals surface area contributed by atoms with E-state index in [1.54, 1.807) is 30.6 Å². The highest BCUT2D eigenvalue weighted by molar-refractivity contribution is 5.89. The molecule has 1 atom stereocenters. The van der Waals surface area contributed by atoms with Crippen LogP contribution in [0.1, 0.15) is 22.7 Å². The number of nitrogen functional groups attached to an aromatic ring is 1. The van der Waals surface area contributed by atoms with Crippen molar-refractivity contribution in [3.63, 3.8) is 0 Å². The van der Waals surface area contributed by atoms with Gasteiger partial charge in [0, 0.05) is 30.2 Å². The van der Waals surface area contributed by atoms with Crippen LogP contribution in [0.4, 0.5) is 16.0 Å². The lowest BCUT2D eigenvalue weighted by Crippen LogP contribution is -2.28. The third-order valence-corrected chi connectivity index (χ3v) is 4.22. The lowest BCUT2D eigenvalue weighted by molar-refractivity contribution is 0.0859. The third-order valence-electron chi connectivity index (χ3n) is 4.22. The van der Waals surface area contributed by atoms with E-state index in [-0.39, 0.29) is 17.7 Å². The fourth-order valence-corrected chi connectivity index (χ4v) is 3.00. The summed E-state index contributed by atoms with van der Waals surface area (Å²) in [5, 5.41) is 7.41. The van der Waals surface area contributed by atoms with E-state index >= 15 is 0 Å². The van der Waals surface area contributed by atoms with E-state index in [4.69, 9.17) is 5.73 Å². The van der Waals surface area contributed by atoms with E-state index in [0.717, 1.165) is 10.4 Å². The maximum Gasteiger partial charge on any atom is 0.257 e. The number of aromatic nitrogens is 4. The first-order valence-electron chi connectivity index (χ1n) is 7.84. The van der Waals surface area contributed by atoms with Crippen LogP contribution in [-0.4, -0.2) is 32.2 Å². The predicted octanol–water partition coefficient (Wildman–Crippen LogP) is 2.30. The summed E-state index contributed by atoms with van der Waals surface area (Å²) in [6.45, 7) is 0.612. The Balaban J connectivity index is 1.71. The fraction of sp³-hybridized carbons (Fsp3) is 0.176. The lowest BCUT2D eigenvalue weighted by Gasteiger charge is -2.25. The molecular weight excluding hydrogens is 323 g/mol. The molecule has 0 saturated carbocycles.